The molecule has 0 atom stereocenters. The van der Waals surface area contributed by atoms with E-state index in [-0.39, 0.29) is 11.5 Å². The van der Waals surface area contributed by atoms with E-state index < -0.39 is 5.97 Å². The third kappa shape index (κ3) is 2.62. The van der Waals surface area contributed by atoms with Crippen LogP contribution < -0.4 is 4.74 Å². The monoisotopic (exact) mass is 254 g/mol. The standard InChI is InChI=1S/C10H10N2O4S/c1-2-8-11-7(12-16-8)5-15-6-3-4-17-9(6)10(13)14/h3-4H,2,5H2,1H3,(H,13,14). The molecule has 0 radical (unpaired) electrons. The van der Waals surface area contributed by atoms with Gasteiger partial charge in [-0.25, -0.2) is 4.79 Å². The van der Waals surface area contributed by atoms with Gasteiger partial charge in [-0.2, -0.15) is 4.98 Å². The number of carboxylic acid groups (broad SMARTS) is 1. The van der Waals surface area contributed by atoms with E-state index in [2.05, 4.69) is 10.1 Å². The van der Waals surface area contributed by atoms with Gasteiger partial charge in [-0.3, -0.25) is 0 Å². The fourth-order valence-electron chi connectivity index (χ4n) is 1.20. The van der Waals surface area contributed by atoms with Gasteiger partial charge >= 0.3 is 5.97 Å². The molecule has 0 aliphatic rings. The normalized spacial score (nSPS) is 10.4. The zero-order valence-electron chi connectivity index (χ0n) is 9.04. The van der Waals surface area contributed by atoms with Gasteiger partial charge in [-0.15, -0.1) is 11.3 Å². The Morgan fingerprint density at radius 3 is 3.12 bits per heavy atom. The van der Waals surface area contributed by atoms with Crippen molar-refractivity contribution in [3.8, 4) is 5.75 Å². The third-order valence-electron chi connectivity index (χ3n) is 1.99. The minimum atomic E-state index is -1.00. The number of nitrogens with zero attached hydrogens (tertiary/aromatic N) is 2. The largest absolute Gasteiger partial charge is 0.484 e. The van der Waals surface area contributed by atoms with Crippen molar-refractivity contribution in [2.75, 3.05) is 0 Å². The Labute approximate surface area is 101 Å². The van der Waals surface area contributed by atoms with Crippen molar-refractivity contribution >= 4 is 17.3 Å². The summed E-state index contributed by atoms with van der Waals surface area (Å²) in [5, 5.41) is 14.2. The van der Waals surface area contributed by atoms with Gasteiger partial charge in [0.2, 0.25) is 11.7 Å². The quantitative estimate of drug-likeness (QED) is 0.877. The molecule has 6 nitrogen and oxygen atoms in total. The molecule has 1 N–H and O–H groups in total. The summed E-state index contributed by atoms with van der Waals surface area (Å²) in [6.45, 7) is 2.00. The minimum absolute atomic E-state index is 0.0977. The van der Waals surface area contributed by atoms with Crippen molar-refractivity contribution in [2.45, 2.75) is 20.0 Å². The van der Waals surface area contributed by atoms with E-state index in [9.17, 15) is 4.79 Å². The molecule has 90 valence electrons. The highest BCUT2D eigenvalue weighted by atomic mass is 32.1. The van der Waals surface area contributed by atoms with Crippen LogP contribution in [0.2, 0.25) is 0 Å². The molecule has 0 aliphatic heterocycles. The van der Waals surface area contributed by atoms with E-state index in [0.717, 1.165) is 11.3 Å². The third-order valence-corrected chi connectivity index (χ3v) is 2.88. The summed E-state index contributed by atoms with van der Waals surface area (Å²) in [5.74, 6) is 0.263. The lowest BCUT2D eigenvalue weighted by Gasteiger charge is -2.01. The fourth-order valence-corrected chi connectivity index (χ4v) is 1.87. The van der Waals surface area contributed by atoms with Gasteiger partial charge in [0.05, 0.1) is 0 Å². The fraction of sp³-hybridized carbons (Fsp3) is 0.300. The molecule has 2 rings (SSSR count). The Hall–Kier alpha value is -1.89. The second-order valence-corrected chi connectivity index (χ2v) is 4.08. The van der Waals surface area contributed by atoms with E-state index in [1.807, 2.05) is 6.92 Å². The smallest absolute Gasteiger partial charge is 0.349 e. The first-order chi connectivity index (χ1) is 8.20. The van der Waals surface area contributed by atoms with Crippen LogP contribution in [0.25, 0.3) is 0 Å². The average molecular weight is 254 g/mol. The Morgan fingerprint density at radius 2 is 2.47 bits per heavy atom. The lowest BCUT2D eigenvalue weighted by Crippen LogP contribution is -2.01. The molecule has 0 amide bonds. The van der Waals surface area contributed by atoms with Crippen molar-refractivity contribution in [2.24, 2.45) is 0 Å². The molecule has 7 heteroatoms. The topological polar surface area (TPSA) is 85.5 Å². The van der Waals surface area contributed by atoms with Crippen LogP contribution in [0.5, 0.6) is 5.75 Å². The first-order valence-corrected chi connectivity index (χ1v) is 5.83. The van der Waals surface area contributed by atoms with Gasteiger partial charge in [-0.1, -0.05) is 12.1 Å². The average Bonchev–Trinajstić information content (AvgIpc) is 2.95. The van der Waals surface area contributed by atoms with Gasteiger partial charge in [0.1, 0.15) is 5.75 Å². The molecule has 0 saturated heterocycles. The molecule has 0 spiro atoms. The van der Waals surface area contributed by atoms with E-state index in [0.29, 0.717) is 23.9 Å². The maximum absolute atomic E-state index is 10.8. The number of carboxylic acids is 1. The lowest BCUT2D eigenvalue weighted by atomic mass is 10.4. The molecule has 0 unspecified atom stereocenters. The van der Waals surface area contributed by atoms with E-state index >= 15 is 0 Å². The molecule has 17 heavy (non-hydrogen) atoms. The predicted octanol–water partition coefficient (Wildman–Crippen LogP) is 1.97. The number of aryl methyl sites for hydroxylation is 1. The molecule has 0 saturated carbocycles. The minimum Gasteiger partial charge on any atom is -0.484 e. The van der Waals surface area contributed by atoms with Crippen LogP contribution >= 0.6 is 11.3 Å². The van der Waals surface area contributed by atoms with Crippen LogP contribution in [-0.4, -0.2) is 21.2 Å². The number of rotatable bonds is 5. The van der Waals surface area contributed by atoms with Crippen molar-refractivity contribution in [3.05, 3.63) is 28.0 Å². The Balaban J connectivity index is 2.02. The summed E-state index contributed by atoms with van der Waals surface area (Å²) in [5.41, 5.74) is 0. The molecular formula is C10H10N2O4S. The zero-order valence-corrected chi connectivity index (χ0v) is 9.86. The van der Waals surface area contributed by atoms with Crippen molar-refractivity contribution in [3.63, 3.8) is 0 Å². The molecule has 2 aromatic rings. The predicted molar refractivity (Wildman–Crippen MR) is 59.3 cm³/mol. The van der Waals surface area contributed by atoms with Crippen LogP contribution in [0.15, 0.2) is 16.0 Å². The van der Waals surface area contributed by atoms with Gasteiger partial charge in [-0.05, 0) is 11.4 Å². The summed E-state index contributed by atoms with van der Waals surface area (Å²) >= 11 is 1.11. The van der Waals surface area contributed by atoms with Gasteiger partial charge in [0.25, 0.3) is 0 Å². The first kappa shape index (κ1) is 11.6. The van der Waals surface area contributed by atoms with Crippen LogP contribution in [0, 0.1) is 0 Å². The van der Waals surface area contributed by atoms with E-state index in [1.54, 1.807) is 11.4 Å². The Bertz CT molecular complexity index is 520. The summed E-state index contributed by atoms with van der Waals surface area (Å²) < 4.78 is 10.2. The molecule has 0 aromatic carbocycles. The summed E-state index contributed by atoms with van der Waals surface area (Å²) in [7, 11) is 0. The molecule has 0 aliphatic carbocycles. The highest BCUT2D eigenvalue weighted by molar-refractivity contribution is 7.12. The number of hydrogen-bond donors (Lipinski definition) is 1. The van der Waals surface area contributed by atoms with Crippen LogP contribution in [0.4, 0.5) is 0 Å². The second-order valence-electron chi connectivity index (χ2n) is 3.17. The van der Waals surface area contributed by atoms with Gasteiger partial charge in [0.15, 0.2) is 11.5 Å². The Morgan fingerprint density at radius 1 is 1.65 bits per heavy atom. The second kappa shape index (κ2) is 4.96. The van der Waals surface area contributed by atoms with Crippen LogP contribution in [0.3, 0.4) is 0 Å². The highest BCUT2D eigenvalue weighted by Crippen LogP contribution is 2.25. The lowest BCUT2D eigenvalue weighted by molar-refractivity contribution is 0.0697. The van der Waals surface area contributed by atoms with Crippen LogP contribution in [-0.2, 0) is 13.0 Å². The van der Waals surface area contributed by atoms with Gasteiger partial charge in [0, 0.05) is 6.42 Å². The number of carbonyl (C=O) groups is 1. The highest BCUT2D eigenvalue weighted by Gasteiger charge is 2.14. The molecule has 0 bridgehead atoms. The Kier molecular flexibility index (Phi) is 3.38. The number of hydrogen-bond acceptors (Lipinski definition) is 6. The van der Waals surface area contributed by atoms with Crippen molar-refractivity contribution in [1.29, 1.82) is 0 Å². The zero-order chi connectivity index (χ0) is 12.3. The number of thiophene rings is 1. The molecule has 0 fully saturated rings. The molecular weight excluding hydrogens is 244 g/mol. The molecule has 2 aromatic heterocycles. The number of aromatic nitrogens is 2. The maximum atomic E-state index is 10.8. The van der Waals surface area contributed by atoms with Crippen molar-refractivity contribution in [1.82, 2.24) is 10.1 Å². The maximum Gasteiger partial charge on any atom is 0.349 e. The van der Waals surface area contributed by atoms with E-state index in [1.165, 1.54) is 0 Å². The van der Waals surface area contributed by atoms with Crippen molar-refractivity contribution < 1.29 is 19.2 Å². The summed E-state index contributed by atoms with van der Waals surface area (Å²) in [6.07, 6.45) is 0.659. The van der Waals surface area contributed by atoms with Gasteiger partial charge < -0.3 is 14.4 Å². The SMILES string of the molecule is CCc1nc(COc2ccsc2C(=O)O)no1. The summed E-state index contributed by atoms with van der Waals surface area (Å²) in [6, 6.07) is 1.61. The molecule has 2 heterocycles. The van der Waals surface area contributed by atoms with Crippen LogP contribution in [0.1, 0.15) is 28.3 Å². The first-order valence-electron chi connectivity index (χ1n) is 4.95. The summed E-state index contributed by atoms with van der Waals surface area (Å²) in [4.78, 5) is 15.1. The number of aromatic carboxylic acids is 1. The van der Waals surface area contributed by atoms with E-state index in [4.69, 9.17) is 14.4 Å². The number of ether oxygens (including phenoxy) is 1.